The molecule has 0 spiro atoms. The fourth-order valence-corrected chi connectivity index (χ4v) is 2.10. The Bertz CT molecular complexity index is 676. The lowest BCUT2D eigenvalue weighted by atomic mass is 10.2. The molecule has 0 heterocycles. The minimum atomic E-state index is -4.98. The highest BCUT2D eigenvalue weighted by Crippen LogP contribution is 2.30. The summed E-state index contributed by atoms with van der Waals surface area (Å²) < 4.78 is 47.3. The van der Waals surface area contributed by atoms with Crippen LogP contribution in [0, 0.1) is 10.1 Å². The first-order chi connectivity index (χ1) is 9.57. The summed E-state index contributed by atoms with van der Waals surface area (Å²) in [6.45, 7) is 1.20. The standard InChI is InChI=1S/C10H10F2N2O6S/c1-5(9(15)16)13-7-3-2-6(4-8(7)14(17)18)21(19,20)10(11)12/h2-5,10,13H,1H3,(H,15,16)/t5-/m0/s1. The van der Waals surface area contributed by atoms with E-state index in [1.807, 2.05) is 0 Å². The molecule has 1 aromatic rings. The quantitative estimate of drug-likeness (QED) is 0.599. The average molecular weight is 324 g/mol. The Morgan fingerprint density at radius 3 is 2.43 bits per heavy atom. The highest BCUT2D eigenvalue weighted by molar-refractivity contribution is 7.91. The molecular weight excluding hydrogens is 314 g/mol. The number of carboxylic acid groups (broad SMARTS) is 1. The van der Waals surface area contributed by atoms with E-state index in [1.165, 1.54) is 6.92 Å². The first kappa shape index (κ1) is 16.8. The van der Waals surface area contributed by atoms with Crippen molar-refractivity contribution in [3.63, 3.8) is 0 Å². The number of carbonyl (C=O) groups is 1. The Kier molecular flexibility index (Phi) is 4.78. The van der Waals surface area contributed by atoms with E-state index in [0.717, 1.165) is 12.1 Å². The van der Waals surface area contributed by atoms with Gasteiger partial charge in [-0.15, -0.1) is 0 Å². The lowest BCUT2D eigenvalue weighted by Gasteiger charge is -2.12. The number of aliphatic carboxylic acids is 1. The van der Waals surface area contributed by atoms with Crippen LogP contribution in [0.25, 0.3) is 0 Å². The number of nitro groups is 1. The second-order valence-corrected chi connectivity index (χ2v) is 5.86. The van der Waals surface area contributed by atoms with Gasteiger partial charge in [0, 0.05) is 6.07 Å². The minimum absolute atomic E-state index is 0.289. The third-order valence-electron chi connectivity index (χ3n) is 2.47. The summed E-state index contributed by atoms with van der Waals surface area (Å²) in [6, 6.07) is 0.873. The smallest absolute Gasteiger partial charge is 0.341 e. The number of hydrogen-bond acceptors (Lipinski definition) is 6. The van der Waals surface area contributed by atoms with Gasteiger partial charge in [-0.2, -0.15) is 8.78 Å². The van der Waals surface area contributed by atoms with Crippen LogP contribution < -0.4 is 5.32 Å². The Morgan fingerprint density at radius 2 is 2.00 bits per heavy atom. The lowest BCUT2D eigenvalue weighted by molar-refractivity contribution is -0.384. The van der Waals surface area contributed by atoms with E-state index in [1.54, 1.807) is 0 Å². The summed E-state index contributed by atoms with van der Waals surface area (Å²) in [5.41, 5.74) is -1.10. The highest BCUT2D eigenvalue weighted by atomic mass is 32.2. The van der Waals surface area contributed by atoms with Gasteiger partial charge in [0.1, 0.15) is 11.7 Å². The van der Waals surface area contributed by atoms with E-state index < -0.39 is 43.1 Å². The van der Waals surface area contributed by atoms with Crippen molar-refractivity contribution in [2.75, 3.05) is 5.32 Å². The molecule has 0 aliphatic carbocycles. The van der Waals surface area contributed by atoms with Crippen molar-refractivity contribution in [3.05, 3.63) is 28.3 Å². The summed E-state index contributed by atoms with van der Waals surface area (Å²) in [6.07, 6.45) is 0. The van der Waals surface area contributed by atoms with Gasteiger partial charge >= 0.3 is 11.7 Å². The predicted molar refractivity (Wildman–Crippen MR) is 67.0 cm³/mol. The van der Waals surface area contributed by atoms with Crippen molar-refractivity contribution in [2.24, 2.45) is 0 Å². The monoisotopic (exact) mass is 324 g/mol. The lowest BCUT2D eigenvalue weighted by Crippen LogP contribution is -2.25. The number of rotatable bonds is 6. The Hall–Kier alpha value is -2.30. The fourth-order valence-electron chi connectivity index (χ4n) is 1.36. The number of alkyl halides is 2. The molecule has 0 fully saturated rings. The Labute approximate surface area is 117 Å². The molecule has 0 unspecified atom stereocenters. The van der Waals surface area contributed by atoms with Crippen LogP contribution in [0.1, 0.15) is 6.92 Å². The van der Waals surface area contributed by atoms with Crippen LogP contribution in [0.4, 0.5) is 20.2 Å². The van der Waals surface area contributed by atoms with Gasteiger partial charge in [0.05, 0.1) is 9.82 Å². The maximum absolute atomic E-state index is 12.4. The molecule has 8 nitrogen and oxygen atoms in total. The molecule has 116 valence electrons. The zero-order chi connectivity index (χ0) is 16.4. The van der Waals surface area contributed by atoms with Crippen LogP contribution in [0.15, 0.2) is 23.1 Å². The van der Waals surface area contributed by atoms with E-state index in [9.17, 15) is 32.1 Å². The number of carboxylic acids is 1. The molecule has 0 radical (unpaired) electrons. The third kappa shape index (κ3) is 3.62. The second-order valence-electron chi connectivity index (χ2n) is 3.95. The molecule has 21 heavy (non-hydrogen) atoms. The van der Waals surface area contributed by atoms with Crippen molar-refractivity contribution >= 4 is 27.2 Å². The van der Waals surface area contributed by atoms with Crippen LogP contribution in [0.3, 0.4) is 0 Å². The van der Waals surface area contributed by atoms with E-state index >= 15 is 0 Å². The topological polar surface area (TPSA) is 127 Å². The molecule has 1 rings (SSSR count). The minimum Gasteiger partial charge on any atom is -0.480 e. The van der Waals surface area contributed by atoms with Gasteiger partial charge in [0.25, 0.3) is 5.69 Å². The Morgan fingerprint density at radius 1 is 1.43 bits per heavy atom. The number of hydrogen-bond donors (Lipinski definition) is 2. The van der Waals surface area contributed by atoms with E-state index in [2.05, 4.69) is 5.32 Å². The van der Waals surface area contributed by atoms with Crippen molar-refractivity contribution in [2.45, 2.75) is 23.6 Å². The van der Waals surface area contributed by atoms with Gasteiger partial charge in [-0.3, -0.25) is 14.9 Å². The molecule has 0 bridgehead atoms. The fraction of sp³-hybridized carbons (Fsp3) is 0.300. The van der Waals surface area contributed by atoms with E-state index in [4.69, 9.17) is 5.11 Å². The summed E-state index contributed by atoms with van der Waals surface area (Å²) in [5.74, 6) is -5.01. The van der Waals surface area contributed by atoms with Crippen LogP contribution in [-0.2, 0) is 14.6 Å². The van der Waals surface area contributed by atoms with Crippen molar-refractivity contribution in [1.29, 1.82) is 0 Å². The molecule has 1 aromatic carbocycles. The number of anilines is 1. The molecule has 1 atom stereocenters. The van der Waals surface area contributed by atoms with Crippen LogP contribution in [0.5, 0.6) is 0 Å². The molecule has 2 N–H and O–H groups in total. The first-order valence-corrected chi connectivity index (χ1v) is 6.92. The van der Waals surface area contributed by atoms with E-state index in [-0.39, 0.29) is 5.69 Å². The summed E-state index contributed by atoms with van der Waals surface area (Å²) in [5, 5.41) is 21.8. The van der Waals surface area contributed by atoms with Gasteiger partial charge in [0.15, 0.2) is 0 Å². The van der Waals surface area contributed by atoms with Gasteiger partial charge in [-0.05, 0) is 19.1 Å². The van der Waals surface area contributed by atoms with Gasteiger partial charge < -0.3 is 10.4 Å². The van der Waals surface area contributed by atoms with Crippen LogP contribution in [0.2, 0.25) is 0 Å². The molecule has 0 aliphatic rings. The molecule has 0 aromatic heterocycles. The Balaban J connectivity index is 3.33. The largest absolute Gasteiger partial charge is 0.480 e. The van der Waals surface area contributed by atoms with Crippen LogP contribution in [-0.4, -0.2) is 36.2 Å². The summed E-state index contributed by atoms with van der Waals surface area (Å²) in [4.78, 5) is 19.6. The molecule has 0 saturated carbocycles. The normalized spacial score (nSPS) is 13.0. The van der Waals surface area contributed by atoms with E-state index in [0.29, 0.717) is 6.07 Å². The maximum Gasteiger partial charge on any atom is 0.341 e. The second kappa shape index (κ2) is 5.99. The van der Waals surface area contributed by atoms with Crippen LogP contribution >= 0.6 is 0 Å². The predicted octanol–water partition coefficient (Wildman–Crippen LogP) is 1.48. The number of sulfone groups is 1. The maximum atomic E-state index is 12.4. The number of benzene rings is 1. The van der Waals surface area contributed by atoms with Gasteiger partial charge in [-0.1, -0.05) is 0 Å². The number of halogens is 2. The van der Waals surface area contributed by atoms with Gasteiger partial charge in [0.2, 0.25) is 9.84 Å². The first-order valence-electron chi connectivity index (χ1n) is 5.37. The number of nitrogens with one attached hydrogen (secondary N) is 1. The summed E-state index contributed by atoms with van der Waals surface area (Å²) >= 11 is 0. The van der Waals surface area contributed by atoms with Gasteiger partial charge in [-0.25, -0.2) is 8.42 Å². The highest BCUT2D eigenvalue weighted by Gasteiger charge is 2.29. The molecule has 0 aliphatic heterocycles. The van der Waals surface area contributed by atoms with Crippen molar-refractivity contribution in [1.82, 2.24) is 0 Å². The molecule has 0 amide bonds. The number of nitrogens with zero attached hydrogens (tertiary/aromatic N) is 1. The third-order valence-corrected chi connectivity index (χ3v) is 3.85. The molecule has 0 saturated heterocycles. The summed E-state index contributed by atoms with van der Waals surface area (Å²) in [7, 11) is -4.98. The molecule has 11 heteroatoms. The SMILES string of the molecule is C[C@H](Nc1ccc(S(=O)(=O)C(F)F)cc1[N+](=O)[O-])C(=O)O. The van der Waals surface area contributed by atoms with Crippen molar-refractivity contribution in [3.8, 4) is 0 Å². The van der Waals surface area contributed by atoms with Crippen molar-refractivity contribution < 1.29 is 32.0 Å². The molecular formula is C10H10F2N2O6S. The zero-order valence-electron chi connectivity index (χ0n) is 10.5. The number of nitro benzene ring substituents is 1. The average Bonchev–Trinajstić information content (AvgIpc) is 2.38. The zero-order valence-corrected chi connectivity index (χ0v) is 11.3.